The van der Waals surface area contributed by atoms with Crippen LogP contribution >= 0.6 is 7.92 Å². The molecule has 0 spiro atoms. The minimum Gasteiger partial charge on any atom is -0.478 e. The van der Waals surface area contributed by atoms with E-state index >= 15 is 0 Å². The number of ether oxygens (including phenoxy) is 1. The molecule has 1 aliphatic rings. The summed E-state index contributed by atoms with van der Waals surface area (Å²) in [7, 11) is -0.523. The van der Waals surface area contributed by atoms with Gasteiger partial charge in [-0.05, 0) is 57.8 Å². The summed E-state index contributed by atoms with van der Waals surface area (Å²) in [6.45, 7) is 20.9. The van der Waals surface area contributed by atoms with E-state index in [1.807, 2.05) is 0 Å². The summed E-state index contributed by atoms with van der Waals surface area (Å²) in [4.78, 5) is 5.05. The number of rotatable bonds is 5. The lowest BCUT2D eigenvalue weighted by molar-refractivity contribution is 0.223. The molecule has 0 aliphatic carbocycles. The van der Waals surface area contributed by atoms with Gasteiger partial charge in [0.1, 0.15) is 6.61 Å². The maximum atomic E-state index is 6.18. The first-order chi connectivity index (χ1) is 13.8. The zero-order valence-electron chi connectivity index (χ0n) is 20.3. The molecule has 2 nitrogen and oxygen atoms in total. The molecule has 2 aromatic rings. The zero-order chi connectivity index (χ0) is 22.3. The molecule has 0 amide bonds. The van der Waals surface area contributed by atoms with Gasteiger partial charge in [0, 0.05) is 5.41 Å². The first-order valence-electron chi connectivity index (χ1n) is 11.0. The largest absolute Gasteiger partial charge is 0.478 e. The summed E-state index contributed by atoms with van der Waals surface area (Å²) in [6.07, 6.45) is 1.03. The van der Waals surface area contributed by atoms with Crippen molar-refractivity contribution in [2.45, 2.75) is 68.4 Å². The van der Waals surface area contributed by atoms with E-state index in [1.165, 1.54) is 32.9 Å². The van der Waals surface area contributed by atoms with Crippen molar-refractivity contribution in [2.24, 2.45) is 15.8 Å². The van der Waals surface area contributed by atoms with Crippen LogP contribution in [0.3, 0.4) is 0 Å². The molecule has 162 valence electrons. The van der Waals surface area contributed by atoms with Gasteiger partial charge in [0.05, 0.1) is 6.04 Å². The summed E-state index contributed by atoms with van der Waals surface area (Å²) in [5, 5.41) is 2.90. The van der Waals surface area contributed by atoms with Gasteiger partial charge < -0.3 is 4.74 Å². The third-order valence-electron chi connectivity index (χ3n) is 5.82. The molecule has 0 saturated heterocycles. The molecular weight excluding hydrogens is 385 g/mol. The molecule has 0 N–H and O–H groups in total. The van der Waals surface area contributed by atoms with Crippen molar-refractivity contribution in [3.05, 3.63) is 58.7 Å². The average molecular weight is 424 g/mol. The molecule has 1 atom stereocenters. The maximum absolute atomic E-state index is 6.18. The van der Waals surface area contributed by atoms with Crippen LogP contribution in [0.15, 0.2) is 41.4 Å². The van der Waals surface area contributed by atoms with Crippen LogP contribution in [-0.4, -0.2) is 24.7 Å². The van der Waals surface area contributed by atoms with E-state index in [9.17, 15) is 0 Å². The number of aryl methyl sites for hydroxylation is 4. The van der Waals surface area contributed by atoms with Crippen molar-refractivity contribution in [3.63, 3.8) is 0 Å². The summed E-state index contributed by atoms with van der Waals surface area (Å²) >= 11 is 0. The highest BCUT2D eigenvalue weighted by molar-refractivity contribution is 7.73. The molecule has 2 aromatic carbocycles. The van der Waals surface area contributed by atoms with Crippen molar-refractivity contribution in [2.75, 3.05) is 12.8 Å². The smallest absolute Gasteiger partial charge is 0.189 e. The second kappa shape index (κ2) is 8.46. The Morgan fingerprint density at radius 3 is 1.60 bits per heavy atom. The summed E-state index contributed by atoms with van der Waals surface area (Å²) in [5.74, 6) is 0.934. The zero-order valence-corrected chi connectivity index (χ0v) is 21.2. The molecule has 0 radical (unpaired) electrons. The van der Waals surface area contributed by atoms with Crippen LogP contribution in [0.1, 0.15) is 56.9 Å². The molecule has 0 saturated carbocycles. The highest BCUT2D eigenvalue weighted by atomic mass is 31.1. The standard InChI is InChI=1S/C27H38NOP/c1-18-10-19(2)13-22(12-18)30(23-14-20(3)11-21(4)15-23)17-27(8,9)25-28-24(16-29-25)26(5,6)7/h10-15,24H,16-17H2,1-9H3. The second-order valence-electron chi connectivity index (χ2n) is 10.8. The van der Waals surface area contributed by atoms with Gasteiger partial charge in [0.2, 0.25) is 0 Å². The van der Waals surface area contributed by atoms with Crippen LogP contribution < -0.4 is 10.6 Å². The Balaban J connectivity index is 2.02. The molecule has 0 aromatic heterocycles. The number of aliphatic imine (C=N–C) groups is 1. The molecule has 3 rings (SSSR count). The van der Waals surface area contributed by atoms with E-state index in [0.29, 0.717) is 6.61 Å². The third-order valence-corrected chi connectivity index (χ3v) is 8.69. The SMILES string of the molecule is Cc1cc(C)cc(P(CC(C)(C)C2=NC(C(C)(C)C)CO2)c2cc(C)cc(C)c2)c1. The van der Waals surface area contributed by atoms with Gasteiger partial charge in [-0.2, -0.15) is 0 Å². The topological polar surface area (TPSA) is 21.6 Å². The van der Waals surface area contributed by atoms with E-state index < -0.39 is 7.92 Å². The first kappa shape index (κ1) is 23.0. The Morgan fingerprint density at radius 2 is 1.23 bits per heavy atom. The minimum atomic E-state index is -0.523. The van der Waals surface area contributed by atoms with Crippen molar-refractivity contribution < 1.29 is 4.74 Å². The Morgan fingerprint density at radius 1 is 0.800 bits per heavy atom. The minimum absolute atomic E-state index is 0.110. The monoisotopic (exact) mass is 423 g/mol. The van der Waals surface area contributed by atoms with Gasteiger partial charge in [0.15, 0.2) is 5.90 Å². The molecule has 1 heterocycles. The van der Waals surface area contributed by atoms with Gasteiger partial charge >= 0.3 is 0 Å². The summed E-state index contributed by atoms with van der Waals surface area (Å²) < 4.78 is 6.18. The Labute approximate surface area is 184 Å². The predicted octanol–water partition coefficient (Wildman–Crippen LogP) is 6.22. The number of hydrogen-bond donors (Lipinski definition) is 0. The Kier molecular flexibility index (Phi) is 6.49. The van der Waals surface area contributed by atoms with Crippen molar-refractivity contribution >= 4 is 24.4 Å². The Bertz CT molecular complexity index is 860. The molecule has 3 heteroatoms. The average Bonchev–Trinajstić information content (AvgIpc) is 3.09. The quantitative estimate of drug-likeness (QED) is 0.523. The summed E-state index contributed by atoms with van der Waals surface area (Å²) in [6, 6.07) is 14.3. The van der Waals surface area contributed by atoms with E-state index in [1.54, 1.807) is 0 Å². The van der Waals surface area contributed by atoms with Gasteiger partial charge in [-0.15, -0.1) is 0 Å². The third kappa shape index (κ3) is 5.33. The molecular formula is C27H38NOP. The van der Waals surface area contributed by atoms with Crippen LogP contribution in [0, 0.1) is 38.5 Å². The molecule has 0 bridgehead atoms. The first-order valence-corrected chi connectivity index (χ1v) is 12.5. The van der Waals surface area contributed by atoms with Gasteiger partial charge in [-0.25, -0.2) is 4.99 Å². The number of hydrogen-bond acceptors (Lipinski definition) is 2. The molecule has 1 aliphatic heterocycles. The fraction of sp³-hybridized carbons (Fsp3) is 0.519. The highest BCUT2D eigenvalue weighted by Gasteiger charge is 2.38. The van der Waals surface area contributed by atoms with Gasteiger partial charge in [-0.1, -0.05) is 93.3 Å². The van der Waals surface area contributed by atoms with Crippen LogP contribution in [0.2, 0.25) is 0 Å². The number of nitrogens with zero attached hydrogens (tertiary/aromatic N) is 1. The lowest BCUT2D eigenvalue weighted by Gasteiger charge is -2.30. The van der Waals surface area contributed by atoms with Crippen molar-refractivity contribution in [1.29, 1.82) is 0 Å². The van der Waals surface area contributed by atoms with E-state index in [-0.39, 0.29) is 16.9 Å². The lowest BCUT2D eigenvalue weighted by atomic mass is 9.88. The van der Waals surface area contributed by atoms with Crippen LogP contribution in [0.4, 0.5) is 0 Å². The highest BCUT2D eigenvalue weighted by Crippen LogP contribution is 2.43. The number of benzene rings is 2. The van der Waals surface area contributed by atoms with Crippen molar-refractivity contribution in [1.82, 2.24) is 0 Å². The second-order valence-corrected chi connectivity index (χ2v) is 13.0. The van der Waals surface area contributed by atoms with Crippen LogP contribution in [0.25, 0.3) is 0 Å². The van der Waals surface area contributed by atoms with E-state index in [0.717, 1.165) is 12.1 Å². The van der Waals surface area contributed by atoms with Crippen LogP contribution in [0.5, 0.6) is 0 Å². The summed E-state index contributed by atoms with van der Waals surface area (Å²) in [5.41, 5.74) is 5.36. The maximum Gasteiger partial charge on any atom is 0.189 e. The fourth-order valence-corrected chi connectivity index (χ4v) is 7.22. The molecule has 0 fully saturated rings. The Hall–Kier alpha value is -1.66. The van der Waals surface area contributed by atoms with E-state index in [4.69, 9.17) is 9.73 Å². The normalized spacial score (nSPS) is 17.3. The molecule has 1 unspecified atom stereocenters. The van der Waals surface area contributed by atoms with Crippen LogP contribution in [-0.2, 0) is 4.74 Å². The lowest BCUT2D eigenvalue weighted by Crippen LogP contribution is -2.32. The van der Waals surface area contributed by atoms with E-state index in [2.05, 4.69) is 98.7 Å². The molecule has 30 heavy (non-hydrogen) atoms. The van der Waals surface area contributed by atoms with Gasteiger partial charge in [-0.3, -0.25) is 0 Å². The van der Waals surface area contributed by atoms with Crippen molar-refractivity contribution in [3.8, 4) is 0 Å². The predicted molar refractivity (Wildman–Crippen MR) is 133 cm³/mol. The van der Waals surface area contributed by atoms with Gasteiger partial charge in [0.25, 0.3) is 0 Å². The fourth-order valence-electron chi connectivity index (χ4n) is 4.20.